The highest BCUT2D eigenvalue weighted by atomic mass is 32.2. The van der Waals surface area contributed by atoms with Crippen LogP contribution in [0.4, 0.5) is 0 Å². The molecule has 4 rings (SSSR count). The molecule has 0 aliphatic heterocycles. The number of hydrogen-bond donors (Lipinski definition) is 1. The number of aryl methyl sites for hydroxylation is 2. The fourth-order valence-corrected chi connectivity index (χ4v) is 5.08. The summed E-state index contributed by atoms with van der Waals surface area (Å²) in [6.45, 7) is 8.58. The highest BCUT2D eigenvalue weighted by Gasteiger charge is 2.20. The van der Waals surface area contributed by atoms with Crippen LogP contribution in [0, 0.1) is 20.8 Å². The summed E-state index contributed by atoms with van der Waals surface area (Å²) < 4.78 is 14.8. The third-order valence-corrected chi connectivity index (χ3v) is 7.10. The minimum atomic E-state index is -1.03. The summed E-state index contributed by atoms with van der Waals surface area (Å²) in [6, 6.07) is 15.7. The standard InChI is InChI=1S/C28H30N4O4S/c1-7-31-26(21-13-23(35-5)16-24(14-21)36-6)29-30-28(31)37-25(27(33)34)15-20-12-18(3)32(19(20)4)22-10-8-17(2)9-11-22/h8-16H,7H2,1-6H3,(H,33,34)/b25-15-. The predicted octanol–water partition coefficient (Wildman–Crippen LogP) is 5.92. The van der Waals surface area contributed by atoms with E-state index in [1.807, 2.05) is 43.5 Å². The van der Waals surface area contributed by atoms with Crippen molar-refractivity contribution in [2.24, 2.45) is 0 Å². The molecule has 0 unspecified atom stereocenters. The molecule has 1 N–H and O–H groups in total. The number of thioether (sulfide) groups is 1. The minimum Gasteiger partial charge on any atom is -0.497 e. The lowest BCUT2D eigenvalue weighted by atomic mass is 10.2. The molecular weight excluding hydrogens is 488 g/mol. The van der Waals surface area contributed by atoms with E-state index in [9.17, 15) is 9.90 Å². The van der Waals surface area contributed by atoms with Crippen molar-refractivity contribution in [3.8, 4) is 28.6 Å². The quantitative estimate of drug-likeness (QED) is 0.217. The van der Waals surface area contributed by atoms with Gasteiger partial charge in [0, 0.05) is 35.2 Å². The molecule has 2 aromatic heterocycles. The third kappa shape index (κ3) is 5.41. The number of aromatic nitrogens is 4. The Morgan fingerprint density at radius 3 is 2.22 bits per heavy atom. The largest absolute Gasteiger partial charge is 0.497 e. The number of hydrogen-bond acceptors (Lipinski definition) is 6. The molecule has 0 saturated carbocycles. The Labute approximate surface area is 220 Å². The van der Waals surface area contributed by atoms with Gasteiger partial charge in [0.1, 0.15) is 16.4 Å². The van der Waals surface area contributed by atoms with Crippen molar-refractivity contribution < 1.29 is 19.4 Å². The van der Waals surface area contributed by atoms with E-state index in [0.717, 1.165) is 40.0 Å². The normalized spacial score (nSPS) is 11.6. The van der Waals surface area contributed by atoms with Crippen LogP contribution in [0.2, 0.25) is 0 Å². The molecule has 4 aromatic rings. The van der Waals surface area contributed by atoms with Gasteiger partial charge in [-0.2, -0.15) is 0 Å². The van der Waals surface area contributed by atoms with Crippen LogP contribution in [0.1, 0.15) is 29.4 Å². The number of benzene rings is 2. The lowest BCUT2D eigenvalue weighted by molar-refractivity contribution is -0.131. The highest BCUT2D eigenvalue weighted by Crippen LogP contribution is 2.34. The zero-order valence-electron chi connectivity index (χ0n) is 21.8. The van der Waals surface area contributed by atoms with Gasteiger partial charge in [0.15, 0.2) is 11.0 Å². The van der Waals surface area contributed by atoms with E-state index >= 15 is 0 Å². The van der Waals surface area contributed by atoms with Crippen molar-refractivity contribution in [3.05, 3.63) is 76.0 Å². The van der Waals surface area contributed by atoms with Crippen LogP contribution in [-0.2, 0) is 11.3 Å². The number of aliphatic carboxylic acids is 1. The van der Waals surface area contributed by atoms with Crippen LogP contribution in [0.15, 0.2) is 58.6 Å². The second-order valence-electron chi connectivity index (χ2n) is 8.57. The van der Waals surface area contributed by atoms with Crippen molar-refractivity contribution >= 4 is 23.8 Å². The monoisotopic (exact) mass is 518 g/mol. The number of carbonyl (C=O) groups is 1. The summed E-state index contributed by atoms with van der Waals surface area (Å²) in [7, 11) is 3.17. The number of rotatable bonds is 9. The van der Waals surface area contributed by atoms with Gasteiger partial charge in [0.2, 0.25) is 0 Å². The maximum Gasteiger partial charge on any atom is 0.342 e. The summed E-state index contributed by atoms with van der Waals surface area (Å²) in [5.74, 6) is 0.832. The van der Waals surface area contributed by atoms with Crippen molar-refractivity contribution in [2.75, 3.05) is 14.2 Å². The zero-order chi connectivity index (χ0) is 26.7. The van der Waals surface area contributed by atoms with E-state index in [4.69, 9.17) is 9.47 Å². The Morgan fingerprint density at radius 1 is 1.00 bits per heavy atom. The van der Waals surface area contributed by atoms with E-state index in [-0.39, 0.29) is 4.91 Å². The SMILES string of the molecule is CCn1c(S/C(=C\c2cc(C)n(-c3ccc(C)cc3)c2C)C(=O)O)nnc1-c1cc(OC)cc(OC)c1. The fourth-order valence-electron chi connectivity index (χ4n) is 4.20. The molecule has 2 heterocycles. The van der Waals surface area contributed by atoms with E-state index in [2.05, 4.69) is 46.0 Å². The summed E-state index contributed by atoms with van der Waals surface area (Å²) in [5.41, 5.74) is 5.80. The van der Waals surface area contributed by atoms with Gasteiger partial charge in [-0.1, -0.05) is 17.7 Å². The molecule has 2 aromatic carbocycles. The Kier molecular flexibility index (Phi) is 7.73. The topological polar surface area (TPSA) is 91.4 Å². The van der Waals surface area contributed by atoms with Crippen LogP contribution in [0.25, 0.3) is 23.2 Å². The Hall–Kier alpha value is -3.98. The van der Waals surface area contributed by atoms with E-state index in [1.54, 1.807) is 26.4 Å². The average Bonchev–Trinajstić information content (AvgIpc) is 3.43. The van der Waals surface area contributed by atoms with E-state index < -0.39 is 5.97 Å². The van der Waals surface area contributed by atoms with Crippen molar-refractivity contribution in [2.45, 2.75) is 39.4 Å². The molecule has 0 fully saturated rings. The molecule has 8 nitrogen and oxygen atoms in total. The lowest BCUT2D eigenvalue weighted by Crippen LogP contribution is -2.03. The van der Waals surface area contributed by atoms with Gasteiger partial charge in [-0.15, -0.1) is 10.2 Å². The van der Waals surface area contributed by atoms with Crippen molar-refractivity contribution in [1.29, 1.82) is 0 Å². The smallest absolute Gasteiger partial charge is 0.342 e. The zero-order valence-corrected chi connectivity index (χ0v) is 22.6. The molecule has 0 atom stereocenters. The summed E-state index contributed by atoms with van der Waals surface area (Å²) in [4.78, 5) is 12.4. The van der Waals surface area contributed by atoms with Crippen LogP contribution < -0.4 is 9.47 Å². The van der Waals surface area contributed by atoms with Gasteiger partial charge in [-0.25, -0.2) is 4.79 Å². The Balaban J connectivity index is 1.71. The van der Waals surface area contributed by atoms with Gasteiger partial charge >= 0.3 is 5.97 Å². The minimum absolute atomic E-state index is 0.154. The second-order valence-corrected chi connectivity index (χ2v) is 9.57. The fraction of sp³-hybridized carbons (Fsp3) is 0.250. The number of ether oxygens (including phenoxy) is 2. The first-order chi connectivity index (χ1) is 17.7. The summed E-state index contributed by atoms with van der Waals surface area (Å²) in [5, 5.41) is 19.2. The first kappa shape index (κ1) is 26.1. The summed E-state index contributed by atoms with van der Waals surface area (Å²) in [6.07, 6.45) is 1.70. The van der Waals surface area contributed by atoms with Crippen LogP contribution in [-0.4, -0.2) is 44.6 Å². The molecule has 0 saturated heterocycles. The molecule has 0 aliphatic rings. The number of nitrogens with zero attached hydrogens (tertiary/aromatic N) is 4. The van der Waals surface area contributed by atoms with Crippen LogP contribution >= 0.6 is 11.8 Å². The van der Waals surface area contributed by atoms with Gasteiger partial charge < -0.3 is 23.7 Å². The van der Waals surface area contributed by atoms with Gasteiger partial charge in [-0.3, -0.25) is 0 Å². The molecule has 0 spiro atoms. The van der Waals surface area contributed by atoms with E-state index in [1.165, 1.54) is 5.56 Å². The molecule has 0 bridgehead atoms. The molecule has 0 radical (unpaired) electrons. The third-order valence-electron chi connectivity index (χ3n) is 6.10. The maximum atomic E-state index is 12.3. The number of methoxy groups -OCH3 is 2. The molecule has 37 heavy (non-hydrogen) atoms. The van der Waals surface area contributed by atoms with Crippen molar-refractivity contribution in [3.63, 3.8) is 0 Å². The molecule has 0 amide bonds. The Bertz CT molecular complexity index is 1450. The number of carboxylic acids is 1. The molecular formula is C28H30N4O4S. The van der Waals surface area contributed by atoms with E-state index in [0.29, 0.717) is 29.0 Å². The number of carboxylic acid groups (broad SMARTS) is 1. The highest BCUT2D eigenvalue weighted by molar-refractivity contribution is 8.04. The van der Waals surface area contributed by atoms with Gasteiger partial charge in [0.25, 0.3) is 0 Å². The average molecular weight is 519 g/mol. The molecule has 192 valence electrons. The maximum absolute atomic E-state index is 12.3. The second kappa shape index (κ2) is 11.0. The van der Waals surface area contributed by atoms with Crippen LogP contribution in [0.3, 0.4) is 0 Å². The first-order valence-corrected chi connectivity index (χ1v) is 12.6. The first-order valence-electron chi connectivity index (χ1n) is 11.8. The van der Waals surface area contributed by atoms with Crippen molar-refractivity contribution in [1.82, 2.24) is 19.3 Å². The van der Waals surface area contributed by atoms with Gasteiger partial charge in [-0.05, 0) is 81.4 Å². The molecule has 9 heteroatoms. The lowest BCUT2D eigenvalue weighted by Gasteiger charge is -2.11. The van der Waals surface area contributed by atoms with Crippen LogP contribution in [0.5, 0.6) is 11.5 Å². The van der Waals surface area contributed by atoms with Gasteiger partial charge in [0.05, 0.1) is 14.2 Å². The Morgan fingerprint density at radius 2 is 1.65 bits per heavy atom. The predicted molar refractivity (Wildman–Crippen MR) is 146 cm³/mol. The summed E-state index contributed by atoms with van der Waals surface area (Å²) >= 11 is 1.08. The molecule has 0 aliphatic carbocycles.